The Morgan fingerprint density at radius 2 is 1.81 bits per heavy atom. The van der Waals surface area contributed by atoms with Gasteiger partial charge in [-0.25, -0.2) is 28.3 Å². The smallest absolute Gasteiger partial charge is 0.349 e. The van der Waals surface area contributed by atoms with E-state index in [1.54, 1.807) is 12.1 Å². The third-order valence-electron chi connectivity index (χ3n) is 4.57. The number of esters is 1. The second-order valence-electron chi connectivity index (χ2n) is 6.71. The Kier molecular flexibility index (Phi) is 5.68. The van der Waals surface area contributed by atoms with Crippen LogP contribution in [0.3, 0.4) is 0 Å². The first-order valence-corrected chi connectivity index (χ1v) is 11.5. The Morgan fingerprint density at radius 3 is 2.48 bits per heavy atom. The number of nitrogens with one attached hydrogen (secondary N) is 1. The largest absolute Gasteiger partial charge is 0.457 e. The van der Waals surface area contributed by atoms with E-state index in [0.29, 0.717) is 32.2 Å². The first-order chi connectivity index (χ1) is 14.8. The summed E-state index contributed by atoms with van der Waals surface area (Å²) in [6.45, 7) is 2.00. The summed E-state index contributed by atoms with van der Waals surface area (Å²) in [5.74, 6) is 0.0806. The number of hydrogen-bond donors (Lipinski definition) is 2. The summed E-state index contributed by atoms with van der Waals surface area (Å²) in [5, 5.41) is 8.98. The van der Waals surface area contributed by atoms with E-state index in [9.17, 15) is 13.2 Å². The van der Waals surface area contributed by atoms with Gasteiger partial charge >= 0.3 is 5.97 Å². The highest BCUT2D eigenvalue weighted by Crippen LogP contribution is 2.35. The van der Waals surface area contributed by atoms with Crippen LogP contribution in [-0.4, -0.2) is 24.4 Å². The number of nitrogens with zero attached hydrogens (tertiary/aromatic N) is 2. The van der Waals surface area contributed by atoms with Crippen molar-refractivity contribution in [1.29, 1.82) is 0 Å². The zero-order valence-corrected chi connectivity index (χ0v) is 18.0. The summed E-state index contributed by atoms with van der Waals surface area (Å²) in [6, 6.07) is 15.4. The first-order valence-electron chi connectivity index (χ1n) is 9.18. The molecule has 158 valence electrons. The number of rotatable bonds is 6. The van der Waals surface area contributed by atoms with Crippen LogP contribution in [0.4, 0.5) is 11.5 Å². The maximum absolute atomic E-state index is 12.7. The molecule has 4 aromatic rings. The average molecular weight is 455 g/mol. The molecule has 8 nitrogen and oxygen atoms in total. The van der Waals surface area contributed by atoms with Crippen molar-refractivity contribution in [2.75, 3.05) is 5.32 Å². The van der Waals surface area contributed by atoms with Gasteiger partial charge in [0.15, 0.2) is 0 Å². The zero-order chi connectivity index (χ0) is 22.0. The van der Waals surface area contributed by atoms with Gasteiger partial charge in [0.25, 0.3) is 0 Å². The molecule has 10 heteroatoms. The molecule has 4 rings (SSSR count). The van der Waals surface area contributed by atoms with Crippen LogP contribution in [0.5, 0.6) is 0 Å². The number of aromatic nitrogens is 2. The van der Waals surface area contributed by atoms with E-state index in [0.717, 1.165) is 5.56 Å². The number of ether oxygens (including phenoxy) is 1. The molecular formula is C21H18N4O4S2. The summed E-state index contributed by atoms with van der Waals surface area (Å²) in [5.41, 5.74) is 2.23. The number of carbonyl (C=O) groups excluding carboxylic acids is 1. The van der Waals surface area contributed by atoms with Crippen LogP contribution in [0.25, 0.3) is 10.2 Å². The number of primary sulfonamides is 1. The number of carbonyl (C=O) groups is 1. The molecule has 0 aliphatic rings. The molecule has 2 aromatic heterocycles. The number of benzene rings is 2. The Morgan fingerprint density at radius 1 is 1.10 bits per heavy atom. The lowest BCUT2D eigenvalue weighted by Gasteiger charge is -2.08. The van der Waals surface area contributed by atoms with Gasteiger partial charge in [-0.15, -0.1) is 11.3 Å². The Balaban J connectivity index is 1.60. The summed E-state index contributed by atoms with van der Waals surface area (Å²) in [6.07, 6.45) is 1.40. The number of nitrogens with two attached hydrogens (primary N) is 1. The third-order valence-corrected chi connectivity index (χ3v) is 6.68. The molecule has 2 heterocycles. The Hall–Kier alpha value is -3.34. The van der Waals surface area contributed by atoms with E-state index in [-0.39, 0.29) is 11.5 Å². The van der Waals surface area contributed by atoms with Gasteiger partial charge in [-0.3, -0.25) is 0 Å². The maximum Gasteiger partial charge on any atom is 0.349 e. The minimum absolute atomic E-state index is 0.0149. The fraction of sp³-hybridized carbons (Fsp3) is 0.0952. The van der Waals surface area contributed by atoms with Crippen LogP contribution in [0.15, 0.2) is 65.8 Å². The monoisotopic (exact) mass is 454 g/mol. The lowest BCUT2D eigenvalue weighted by Crippen LogP contribution is -2.11. The van der Waals surface area contributed by atoms with Gasteiger partial charge in [-0.05, 0) is 42.3 Å². The van der Waals surface area contributed by atoms with E-state index in [1.165, 1.54) is 29.8 Å². The van der Waals surface area contributed by atoms with Crippen LogP contribution in [0, 0.1) is 6.92 Å². The summed E-state index contributed by atoms with van der Waals surface area (Å²) < 4.78 is 28.3. The number of anilines is 2. The highest BCUT2D eigenvalue weighted by molar-refractivity contribution is 7.89. The molecule has 31 heavy (non-hydrogen) atoms. The van der Waals surface area contributed by atoms with Crippen molar-refractivity contribution in [1.82, 2.24) is 9.97 Å². The molecular weight excluding hydrogens is 436 g/mol. The minimum atomic E-state index is -3.77. The fourth-order valence-electron chi connectivity index (χ4n) is 3.01. The van der Waals surface area contributed by atoms with E-state index in [1.807, 2.05) is 37.3 Å². The molecule has 3 N–H and O–H groups in total. The van der Waals surface area contributed by atoms with Crippen LogP contribution in [0.1, 0.15) is 20.8 Å². The van der Waals surface area contributed by atoms with E-state index in [4.69, 9.17) is 9.88 Å². The lowest BCUT2D eigenvalue weighted by atomic mass is 10.2. The lowest BCUT2D eigenvalue weighted by molar-refractivity contribution is 0.0478. The fourth-order valence-corrected chi connectivity index (χ4v) is 4.57. The van der Waals surface area contributed by atoms with Gasteiger partial charge in [-0.2, -0.15) is 0 Å². The number of sulfonamides is 1. The van der Waals surface area contributed by atoms with Gasteiger partial charge in [0, 0.05) is 5.69 Å². The molecule has 0 unspecified atom stereocenters. The maximum atomic E-state index is 12.7. The molecule has 0 amide bonds. The molecule has 0 aliphatic carbocycles. The highest BCUT2D eigenvalue weighted by Gasteiger charge is 2.20. The topological polar surface area (TPSA) is 124 Å². The average Bonchev–Trinajstić information content (AvgIpc) is 3.10. The second kappa shape index (κ2) is 8.42. The summed E-state index contributed by atoms with van der Waals surface area (Å²) >= 11 is 1.24. The summed E-state index contributed by atoms with van der Waals surface area (Å²) in [7, 11) is -3.77. The van der Waals surface area contributed by atoms with Crippen molar-refractivity contribution in [3.8, 4) is 0 Å². The predicted molar refractivity (Wildman–Crippen MR) is 119 cm³/mol. The number of thiophene rings is 1. The molecule has 0 bridgehead atoms. The minimum Gasteiger partial charge on any atom is -0.457 e. The van der Waals surface area contributed by atoms with Crippen LogP contribution < -0.4 is 10.5 Å². The number of fused-ring (bicyclic) bond motifs is 1. The summed E-state index contributed by atoms with van der Waals surface area (Å²) in [4.78, 5) is 22.3. The highest BCUT2D eigenvalue weighted by atomic mass is 32.2. The van der Waals surface area contributed by atoms with Crippen molar-refractivity contribution >= 4 is 49.1 Å². The van der Waals surface area contributed by atoms with Crippen molar-refractivity contribution in [2.24, 2.45) is 5.14 Å². The molecule has 0 aliphatic heterocycles. The normalized spacial score (nSPS) is 11.4. The third kappa shape index (κ3) is 4.55. The van der Waals surface area contributed by atoms with E-state index < -0.39 is 16.0 Å². The molecule has 0 saturated carbocycles. The van der Waals surface area contributed by atoms with Gasteiger partial charge in [0.1, 0.15) is 28.5 Å². The quantitative estimate of drug-likeness (QED) is 0.425. The SMILES string of the molecule is Cc1c(C(=O)OCc2ccccc2)sc2ncnc(Nc3ccc(S(N)(=O)=O)cc3)c12. The van der Waals surface area contributed by atoms with Crippen molar-refractivity contribution < 1.29 is 17.9 Å². The molecule has 2 aromatic carbocycles. The van der Waals surface area contributed by atoms with Gasteiger partial charge in [-0.1, -0.05) is 30.3 Å². The Labute approximate surface area is 182 Å². The van der Waals surface area contributed by atoms with E-state index in [2.05, 4.69) is 15.3 Å². The van der Waals surface area contributed by atoms with Gasteiger partial charge in [0.05, 0.1) is 10.3 Å². The molecule has 0 radical (unpaired) electrons. The van der Waals surface area contributed by atoms with Crippen molar-refractivity contribution in [2.45, 2.75) is 18.4 Å². The molecule has 0 spiro atoms. The van der Waals surface area contributed by atoms with Crippen LogP contribution >= 0.6 is 11.3 Å². The van der Waals surface area contributed by atoms with Gasteiger partial charge in [0.2, 0.25) is 10.0 Å². The predicted octanol–water partition coefficient (Wildman–Crippen LogP) is 3.75. The molecule has 0 atom stereocenters. The zero-order valence-electron chi connectivity index (χ0n) is 16.4. The molecule has 0 fully saturated rings. The van der Waals surface area contributed by atoms with Crippen molar-refractivity contribution in [3.05, 3.63) is 76.9 Å². The first kappa shape index (κ1) is 20.9. The second-order valence-corrected chi connectivity index (χ2v) is 9.28. The Bertz CT molecular complexity index is 1350. The van der Waals surface area contributed by atoms with Crippen LogP contribution in [-0.2, 0) is 21.4 Å². The number of aryl methyl sites for hydroxylation is 1. The van der Waals surface area contributed by atoms with Crippen molar-refractivity contribution in [3.63, 3.8) is 0 Å². The van der Waals surface area contributed by atoms with Gasteiger partial charge < -0.3 is 10.1 Å². The van der Waals surface area contributed by atoms with E-state index >= 15 is 0 Å². The van der Waals surface area contributed by atoms with Crippen LogP contribution in [0.2, 0.25) is 0 Å². The standard InChI is InChI=1S/C21H18N4O4S2/c1-13-17-19(25-15-7-9-16(10-8-15)31(22,27)28)23-12-24-20(17)30-18(13)21(26)29-11-14-5-3-2-4-6-14/h2-10,12H,11H2,1H3,(H2,22,27,28)(H,23,24,25). The number of hydrogen-bond acceptors (Lipinski definition) is 8. The molecule has 0 saturated heterocycles.